The summed E-state index contributed by atoms with van der Waals surface area (Å²) in [6, 6.07) is -0.745. The van der Waals surface area contributed by atoms with E-state index in [-0.39, 0.29) is 6.03 Å². The van der Waals surface area contributed by atoms with E-state index in [4.69, 9.17) is 5.11 Å². The molecule has 2 fully saturated rings. The number of carbonyl (C=O) groups is 2. The van der Waals surface area contributed by atoms with Crippen LogP contribution in [0.1, 0.15) is 6.42 Å². The first-order chi connectivity index (χ1) is 7.20. The Kier molecular flexibility index (Phi) is 3.04. The largest absolute Gasteiger partial charge is 0.480 e. The molecule has 2 aliphatic heterocycles. The fourth-order valence-corrected chi connectivity index (χ4v) is 2.76. The number of hydrogen-bond acceptors (Lipinski definition) is 3. The number of amides is 2. The van der Waals surface area contributed by atoms with Gasteiger partial charge in [0.25, 0.3) is 0 Å². The third-order valence-electron chi connectivity index (χ3n) is 2.79. The number of nitrogens with zero attached hydrogens (tertiary/aromatic N) is 2. The van der Waals surface area contributed by atoms with Crippen molar-refractivity contribution in [2.45, 2.75) is 12.5 Å². The van der Waals surface area contributed by atoms with Crippen LogP contribution in [0, 0.1) is 0 Å². The lowest BCUT2D eigenvalue weighted by atomic mass is 10.2. The quantitative estimate of drug-likeness (QED) is 0.704. The zero-order valence-corrected chi connectivity index (χ0v) is 9.20. The van der Waals surface area contributed by atoms with E-state index in [1.54, 1.807) is 16.7 Å². The van der Waals surface area contributed by atoms with E-state index in [9.17, 15) is 9.59 Å². The number of aliphatic carboxylic acids is 1. The standard InChI is InChI=1S/C9H14N2O3S/c12-8(13)7-6-15-5-4-11(7)9(14)10-2-1-3-10/h7H,1-6H2,(H,12,13). The molecule has 15 heavy (non-hydrogen) atoms. The van der Waals surface area contributed by atoms with Crippen LogP contribution >= 0.6 is 11.8 Å². The van der Waals surface area contributed by atoms with Crippen molar-refractivity contribution in [1.82, 2.24) is 9.80 Å². The Balaban J connectivity index is 2.03. The molecule has 2 saturated heterocycles. The van der Waals surface area contributed by atoms with Gasteiger partial charge in [-0.1, -0.05) is 0 Å². The minimum Gasteiger partial charge on any atom is -0.480 e. The van der Waals surface area contributed by atoms with Crippen molar-refractivity contribution in [2.24, 2.45) is 0 Å². The van der Waals surface area contributed by atoms with Crippen LogP contribution in [0.3, 0.4) is 0 Å². The normalized spacial score (nSPS) is 26.0. The van der Waals surface area contributed by atoms with E-state index in [0.717, 1.165) is 25.3 Å². The molecular weight excluding hydrogens is 216 g/mol. The van der Waals surface area contributed by atoms with Crippen LogP contribution < -0.4 is 0 Å². The number of carbonyl (C=O) groups excluding carboxylic acids is 1. The lowest BCUT2D eigenvalue weighted by Crippen LogP contribution is -2.57. The number of likely N-dealkylation sites (tertiary alicyclic amines) is 1. The molecule has 0 saturated carbocycles. The van der Waals surface area contributed by atoms with Gasteiger partial charge in [-0.15, -0.1) is 0 Å². The van der Waals surface area contributed by atoms with Gasteiger partial charge in [-0.05, 0) is 6.42 Å². The van der Waals surface area contributed by atoms with Crippen LogP contribution in [0.5, 0.6) is 0 Å². The van der Waals surface area contributed by atoms with Crippen LogP contribution in [0.15, 0.2) is 0 Å². The fraction of sp³-hybridized carbons (Fsp3) is 0.778. The first kappa shape index (κ1) is 10.6. The van der Waals surface area contributed by atoms with Gasteiger partial charge in [-0.25, -0.2) is 9.59 Å². The highest BCUT2D eigenvalue weighted by Gasteiger charge is 2.35. The van der Waals surface area contributed by atoms with Gasteiger partial charge in [-0.3, -0.25) is 0 Å². The average molecular weight is 230 g/mol. The maximum Gasteiger partial charge on any atom is 0.327 e. The van der Waals surface area contributed by atoms with Crippen LogP contribution in [-0.4, -0.2) is 64.1 Å². The lowest BCUT2D eigenvalue weighted by Gasteiger charge is -2.40. The summed E-state index contributed by atoms with van der Waals surface area (Å²) in [6.07, 6.45) is 1.03. The second-order valence-corrected chi connectivity index (χ2v) is 4.90. The molecule has 2 amide bonds. The Bertz CT molecular complexity index is 281. The summed E-state index contributed by atoms with van der Waals surface area (Å²) in [5, 5.41) is 9.00. The molecule has 84 valence electrons. The molecule has 0 bridgehead atoms. The fourth-order valence-electron chi connectivity index (χ4n) is 1.73. The predicted molar refractivity (Wildman–Crippen MR) is 57.0 cm³/mol. The highest BCUT2D eigenvalue weighted by molar-refractivity contribution is 7.99. The summed E-state index contributed by atoms with van der Waals surface area (Å²) in [5.41, 5.74) is 0. The van der Waals surface area contributed by atoms with E-state index >= 15 is 0 Å². The molecule has 2 aliphatic rings. The van der Waals surface area contributed by atoms with E-state index in [1.807, 2.05) is 0 Å². The van der Waals surface area contributed by atoms with E-state index in [0.29, 0.717) is 12.3 Å². The maximum absolute atomic E-state index is 11.9. The second kappa shape index (κ2) is 4.30. The number of urea groups is 1. The predicted octanol–water partition coefficient (Wildman–Crippen LogP) is 0.314. The second-order valence-electron chi connectivity index (χ2n) is 3.75. The van der Waals surface area contributed by atoms with Crippen LogP contribution in [-0.2, 0) is 4.79 Å². The highest BCUT2D eigenvalue weighted by atomic mass is 32.2. The van der Waals surface area contributed by atoms with Gasteiger partial charge in [-0.2, -0.15) is 11.8 Å². The first-order valence-electron chi connectivity index (χ1n) is 5.06. The number of rotatable bonds is 1. The van der Waals surface area contributed by atoms with Crippen molar-refractivity contribution >= 4 is 23.8 Å². The van der Waals surface area contributed by atoms with Gasteiger partial charge in [0.15, 0.2) is 0 Å². The monoisotopic (exact) mass is 230 g/mol. The molecule has 1 atom stereocenters. The molecule has 2 rings (SSSR count). The van der Waals surface area contributed by atoms with E-state index < -0.39 is 12.0 Å². The molecule has 2 heterocycles. The summed E-state index contributed by atoms with van der Waals surface area (Å²) in [7, 11) is 0. The molecule has 1 N–H and O–H groups in total. The minimum absolute atomic E-state index is 0.103. The van der Waals surface area contributed by atoms with Gasteiger partial charge in [0.05, 0.1) is 0 Å². The molecule has 0 radical (unpaired) electrons. The molecule has 0 aromatic carbocycles. The third-order valence-corrected chi connectivity index (χ3v) is 3.81. The molecule has 1 unspecified atom stereocenters. The molecule has 5 nitrogen and oxygen atoms in total. The molecule has 0 aromatic heterocycles. The van der Waals surface area contributed by atoms with Crippen molar-refractivity contribution in [3.05, 3.63) is 0 Å². The Morgan fingerprint density at radius 3 is 2.53 bits per heavy atom. The van der Waals surface area contributed by atoms with Gasteiger partial charge in [0.1, 0.15) is 6.04 Å². The molecular formula is C9H14N2O3S. The summed E-state index contributed by atoms with van der Waals surface area (Å²) >= 11 is 1.60. The Morgan fingerprint density at radius 2 is 2.00 bits per heavy atom. The highest BCUT2D eigenvalue weighted by Crippen LogP contribution is 2.20. The van der Waals surface area contributed by atoms with E-state index in [2.05, 4.69) is 0 Å². The first-order valence-corrected chi connectivity index (χ1v) is 6.21. The summed E-state index contributed by atoms with van der Waals surface area (Å²) in [5.74, 6) is 0.453. The Hall–Kier alpha value is -0.910. The SMILES string of the molecule is O=C(O)C1CSCCN1C(=O)N1CCC1. The summed E-state index contributed by atoms with van der Waals surface area (Å²) in [6.45, 7) is 2.10. The molecule has 0 aliphatic carbocycles. The third kappa shape index (κ3) is 2.04. The smallest absolute Gasteiger partial charge is 0.327 e. The topological polar surface area (TPSA) is 60.9 Å². The van der Waals surface area contributed by atoms with Crippen LogP contribution in [0.2, 0.25) is 0 Å². The lowest BCUT2D eigenvalue weighted by molar-refractivity contribution is -0.141. The number of thioether (sulfide) groups is 1. The van der Waals surface area contributed by atoms with Crippen molar-refractivity contribution < 1.29 is 14.7 Å². The zero-order chi connectivity index (χ0) is 10.8. The average Bonchev–Trinajstić information content (AvgIpc) is 2.15. The number of carboxylic acid groups (broad SMARTS) is 1. The summed E-state index contributed by atoms with van der Waals surface area (Å²) < 4.78 is 0. The van der Waals surface area contributed by atoms with E-state index in [1.165, 1.54) is 4.90 Å². The van der Waals surface area contributed by atoms with Gasteiger partial charge in [0, 0.05) is 31.1 Å². The van der Waals surface area contributed by atoms with Crippen LogP contribution in [0.25, 0.3) is 0 Å². The zero-order valence-electron chi connectivity index (χ0n) is 8.39. The van der Waals surface area contributed by atoms with Crippen molar-refractivity contribution in [3.63, 3.8) is 0 Å². The Morgan fingerprint density at radius 1 is 1.27 bits per heavy atom. The van der Waals surface area contributed by atoms with Crippen molar-refractivity contribution in [2.75, 3.05) is 31.1 Å². The summed E-state index contributed by atoms with van der Waals surface area (Å²) in [4.78, 5) is 26.1. The number of carboxylic acids is 1. The van der Waals surface area contributed by atoms with Gasteiger partial charge >= 0.3 is 12.0 Å². The molecule has 0 spiro atoms. The van der Waals surface area contributed by atoms with Crippen molar-refractivity contribution in [1.29, 1.82) is 0 Å². The minimum atomic E-state index is -0.893. The maximum atomic E-state index is 11.9. The Labute approximate surface area is 92.4 Å². The molecule has 6 heteroatoms. The number of hydrogen-bond donors (Lipinski definition) is 1. The van der Waals surface area contributed by atoms with Crippen LogP contribution in [0.4, 0.5) is 4.79 Å². The molecule has 0 aromatic rings. The van der Waals surface area contributed by atoms with Gasteiger partial charge in [0.2, 0.25) is 0 Å². The van der Waals surface area contributed by atoms with Crippen molar-refractivity contribution in [3.8, 4) is 0 Å². The van der Waals surface area contributed by atoms with Gasteiger partial charge < -0.3 is 14.9 Å².